The highest BCUT2D eigenvalue weighted by molar-refractivity contribution is 5.20. The second-order valence-electron chi connectivity index (χ2n) is 4.55. The lowest BCUT2D eigenvalue weighted by molar-refractivity contribution is 0.0317. The molecule has 0 bridgehead atoms. The Bertz CT molecular complexity index is 340. The standard InChI is InChI=1S/C13H20N2O2/c14-8-10-6-7-11(9-15-10)17-13-5-3-1-2-4-12(13)16/h6-7,9,12-13,16H,1-5,8,14H2. The Morgan fingerprint density at radius 1 is 1.29 bits per heavy atom. The Balaban J connectivity index is 1.98. The summed E-state index contributed by atoms with van der Waals surface area (Å²) < 4.78 is 5.79. The number of hydrogen-bond acceptors (Lipinski definition) is 4. The van der Waals surface area contributed by atoms with Gasteiger partial charge in [0.2, 0.25) is 0 Å². The minimum Gasteiger partial charge on any atom is -0.486 e. The molecule has 1 aromatic rings. The second kappa shape index (κ2) is 5.98. The first kappa shape index (κ1) is 12.3. The lowest BCUT2D eigenvalue weighted by Gasteiger charge is -2.21. The van der Waals surface area contributed by atoms with Crippen LogP contribution in [-0.2, 0) is 6.54 Å². The highest BCUT2D eigenvalue weighted by atomic mass is 16.5. The van der Waals surface area contributed by atoms with Crippen LogP contribution in [0, 0.1) is 0 Å². The van der Waals surface area contributed by atoms with Crippen molar-refractivity contribution < 1.29 is 9.84 Å². The number of aliphatic hydroxyl groups is 1. The number of pyridine rings is 1. The lowest BCUT2D eigenvalue weighted by atomic mass is 10.1. The number of aliphatic hydroxyl groups excluding tert-OH is 1. The van der Waals surface area contributed by atoms with E-state index in [0.717, 1.165) is 31.4 Å². The molecular formula is C13H20N2O2. The summed E-state index contributed by atoms with van der Waals surface area (Å²) in [5.41, 5.74) is 6.33. The van der Waals surface area contributed by atoms with Crippen molar-refractivity contribution in [3.63, 3.8) is 0 Å². The van der Waals surface area contributed by atoms with E-state index in [1.54, 1.807) is 6.20 Å². The summed E-state index contributed by atoms with van der Waals surface area (Å²) in [5.74, 6) is 0.716. The minimum atomic E-state index is -0.355. The molecule has 1 aromatic heterocycles. The molecule has 0 aliphatic heterocycles. The summed E-state index contributed by atoms with van der Waals surface area (Å²) in [6, 6.07) is 3.73. The van der Waals surface area contributed by atoms with Gasteiger partial charge in [0.1, 0.15) is 11.9 Å². The maximum Gasteiger partial charge on any atom is 0.138 e. The fraction of sp³-hybridized carbons (Fsp3) is 0.615. The summed E-state index contributed by atoms with van der Waals surface area (Å²) in [7, 11) is 0. The monoisotopic (exact) mass is 236 g/mol. The maximum absolute atomic E-state index is 9.95. The van der Waals surface area contributed by atoms with Crippen LogP contribution in [0.4, 0.5) is 0 Å². The molecule has 3 N–H and O–H groups in total. The summed E-state index contributed by atoms with van der Waals surface area (Å²) in [6.45, 7) is 0.437. The van der Waals surface area contributed by atoms with Gasteiger partial charge in [-0.2, -0.15) is 0 Å². The van der Waals surface area contributed by atoms with Crippen LogP contribution in [0.15, 0.2) is 18.3 Å². The van der Waals surface area contributed by atoms with Crippen LogP contribution in [-0.4, -0.2) is 22.3 Å². The molecule has 4 heteroatoms. The van der Waals surface area contributed by atoms with Crippen LogP contribution >= 0.6 is 0 Å². The minimum absolute atomic E-state index is 0.0944. The van der Waals surface area contributed by atoms with Gasteiger partial charge < -0.3 is 15.6 Å². The van der Waals surface area contributed by atoms with E-state index < -0.39 is 0 Å². The molecule has 2 rings (SSSR count). The average Bonchev–Trinajstić information content (AvgIpc) is 2.56. The van der Waals surface area contributed by atoms with E-state index in [1.807, 2.05) is 12.1 Å². The van der Waals surface area contributed by atoms with Crippen LogP contribution < -0.4 is 10.5 Å². The zero-order valence-electron chi connectivity index (χ0n) is 10.0. The van der Waals surface area contributed by atoms with E-state index in [2.05, 4.69) is 4.98 Å². The Hall–Kier alpha value is -1.13. The highest BCUT2D eigenvalue weighted by Crippen LogP contribution is 2.22. The van der Waals surface area contributed by atoms with Crippen LogP contribution in [0.2, 0.25) is 0 Å². The van der Waals surface area contributed by atoms with Gasteiger partial charge in [0.25, 0.3) is 0 Å². The smallest absolute Gasteiger partial charge is 0.138 e. The molecule has 1 heterocycles. The number of rotatable bonds is 3. The van der Waals surface area contributed by atoms with Crippen molar-refractivity contribution in [1.29, 1.82) is 0 Å². The molecule has 1 aliphatic carbocycles. The number of ether oxygens (including phenoxy) is 1. The molecule has 0 spiro atoms. The summed E-state index contributed by atoms with van der Waals surface area (Å²) >= 11 is 0. The fourth-order valence-electron chi connectivity index (χ4n) is 2.17. The van der Waals surface area contributed by atoms with Gasteiger partial charge >= 0.3 is 0 Å². The number of nitrogens with zero attached hydrogens (tertiary/aromatic N) is 1. The Labute approximate surface area is 102 Å². The Morgan fingerprint density at radius 3 is 2.82 bits per heavy atom. The van der Waals surface area contributed by atoms with Crippen LogP contribution in [0.3, 0.4) is 0 Å². The van der Waals surface area contributed by atoms with Crippen molar-refractivity contribution in [3.05, 3.63) is 24.0 Å². The molecule has 94 valence electrons. The van der Waals surface area contributed by atoms with E-state index in [-0.39, 0.29) is 12.2 Å². The van der Waals surface area contributed by atoms with Crippen LogP contribution in [0.25, 0.3) is 0 Å². The molecule has 2 unspecified atom stereocenters. The highest BCUT2D eigenvalue weighted by Gasteiger charge is 2.23. The largest absolute Gasteiger partial charge is 0.486 e. The quantitative estimate of drug-likeness (QED) is 0.782. The van der Waals surface area contributed by atoms with Crippen LogP contribution in [0.5, 0.6) is 5.75 Å². The van der Waals surface area contributed by atoms with Gasteiger partial charge in [-0.1, -0.05) is 12.8 Å². The second-order valence-corrected chi connectivity index (χ2v) is 4.55. The van der Waals surface area contributed by atoms with Crippen molar-refractivity contribution >= 4 is 0 Å². The molecule has 1 saturated carbocycles. The molecule has 17 heavy (non-hydrogen) atoms. The third-order valence-corrected chi connectivity index (χ3v) is 3.21. The number of aromatic nitrogens is 1. The first-order chi connectivity index (χ1) is 8.29. The summed E-state index contributed by atoms with van der Waals surface area (Å²) in [4.78, 5) is 4.18. The van der Waals surface area contributed by atoms with E-state index >= 15 is 0 Å². The predicted octanol–water partition coefficient (Wildman–Crippen LogP) is 1.61. The van der Waals surface area contributed by atoms with Gasteiger partial charge in [0.15, 0.2) is 0 Å². The molecule has 2 atom stereocenters. The van der Waals surface area contributed by atoms with Crippen molar-refractivity contribution in [2.75, 3.05) is 0 Å². The van der Waals surface area contributed by atoms with E-state index in [9.17, 15) is 5.11 Å². The zero-order chi connectivity index (χ0) is 12.1. The van der Waals surface area contributed by atoms with Crippen molar-refractivity contribution in [2.45, 2.75) is 50.9 Å². The first-order valence-electron chi connectivity index (χ1n) is 6.29. The van der Waals surface area contributed by atoms with Gasteiger partial charge in [0.05, 0.1) is 18.0 Å². The Morgan fingerprint density at radius 2 is 2.12 bits per heavy atom. The van der Waals surface area contributed by atoms with Gasteiger partial charge in [0, 0.05) is 6.54 Å². The molecule has 0 saturated heterocycles. The van der Waals surface area contributed by atoms with Crippen molar-refractivity contribution in [3.8, 4) is 5.75 Å². The SMILES string of the molecule is NCc1ccc(OC2CCCCCC2O)cn1. The zero-order valence-corrected chi connectivity index (χ0v) is 10.0. The summed E-state index contributed by atoms with van der Waals surface area (Å²) in [6.07, 6.45) is 6.37. The third-order valence-electron chi connectivity index (χ3n) is 3.21. The van der Waals surface area contributed by atoms with Gasteiger partial charge in [-0.3, -0.25) is 4.98 Å². The molecule has 0 amide bonds. The van der Waals surface area contributed by atoms with E-state index in [1.165, 1.54) is 6.42 Å². The van der Waals surface area contributed by atoms with Gasteiger partial charge in [-0.25, -0.2) is 0 Å². The van der Waals surface area contributed by atoms with E-state index in [4.69, 9.17) is 10.5 Å². The molecular weight excluding hydrogens is 216 g/mol. The molecule has 0 aromatic carbocycles. The average molecular weight is 236 g/mol. The third kappa shape index (κ3) is 3.41. The summed E-state index contributed by atoms with van der Waals surface area (Å²) in [5, 5.41) is 9.95. The number of nitrogens with two attached hydrogens (primary N) is 1. The van der Waals surface area contributed by atoms with Crippen molar-refractivity contribution in [1.82, 2.24) is 4.98 Å². The normalized spacial score (nSPS) is 25.3. The lowest BCUT2D eigenvalue weighted by Crippen LogP contribution is -2.30. The first-order valence-corrected chi connectivity index (χ1v) is 6.29. The predicted molar refractivity (Wildman–Crippen MR) is 65.6 cm³/mol. The van der Waals surface area contributed by atoms with Crippen LogP contribution in [0.1, 0.15) is 37.8 Å². The van der Waals surface area contributed by atoms with Gasteiger partial charge in [-0.05, 0) is 31.4 Å². The fourth-order valence-corrected chi connectivity index (χ4v) is 2.17. The molecule has 1 aliphatic rings. The molecule has 0 radical (unpaired) electrons. The molecule has 4 nitrogen and oxygen atoms in total. The Kier molecular flexibility index (Phi) is 4.34. The topological polar surface area (TPSA) is 68.4 Å². The van der Waals surface area contributed by atoms with E-state index in [0.29, 0.717) is 12.3 Å². The maximum atomic E-state index is 9.95. The van der Waals surface area contributed by atoms with Crippen molar-refractivity contribution in [2.24, 2.45) is 5.73 Å². The molecule has 1 fully saturated rings. The number of hydrogen-bond donors (Lipinski definition) is 2. The van der Waals surface area contributed by atoms with Gasteiger partial charge in [-0.15, -0.1) is 0 Å².